The highest BCUT2D eigenvalue weighted by atomic mass is 14.5. The molecule has 0 bridgehead atoms. The molecule has 0 N–H and O–H groups in total. The van der Waals surface area contributed by atoms with E-state index in [4.69, 9.17) is 0 Å². The Bertz CT molecular complexity index is 4260. The third-order valence-electron chi connectivity index (χ3n) is 24.0. The lowest BCUT2D eigenvalue weighted by Gasteiger charge is -2.33. The number of hydrogen-bond acceptors (Lipinski definition) is 0. The molecule has 0 saturated carbocycles. The second-order valence-electron chi connectivity index (χ2n) is 32.1. The molecule has 0 heteroatoms. The Morgan fingerprint density at radius 1 is 0.188 bits per heavy atom. The van der Waals surface area contributed by atoms with Gasteiger partial charge in [0, 0.05) is 21.7 Å². The van der Waals surface area contributed by atoms with Crippen molar-refractivity contribution in [3.05, 3.63) is 250 Å². The van der Waals surface area contributed by atoms with E-state index in [9.17, 15) is 0 Å². The SMILES string of the molecule is CCCC1(CCC)c2cc(-c3ccc(C(C)(C)C)cc3)ccc2-c2ccc(-c3ccc4c(c3)C(CCC)(CCC)c3cc(-c5ccc6c(c5)C(CCC)(CCC)c5cc(-c7ccc8c(c7)C(CCC)(CCC)c7cc(-c9ccc(C(C)(C)C)cc9)ccc7-8)ccc5-6)ccc3-4)cc21. The smallest absolute Gasteiger partial charge is 0.0215 e. The monoisotopic (exact) mass is 1260 g/mol. The summed E-state index contributed by atoms with van der Waals surface area (Å²) in [6.07, 6.45) is 18.2. The van der Waals surface area contributed by atoms with Gasteiger partial charge in [-0.1, -0.05) is 294 Å². The zero-order valence-corrected chi connectivity index (χ0v) is 60.8. The third-order valence-corrected chi connectivity index (χ3v) is 24.0. The van der Waals surface area contributed by atoms with Crippen LogP contribution in [0.5, 0.6) is 0 Å². The van der Waals surface area contributed by atoms with E-state index in [1.54, 1.807) is 0 Å². The quantitative estimate of drug-likeness (QED) is 0.0673. The van der Waals surface area contributed by atoms with Crippen molar-refractivity contribution in [2.24, 2.45) is 0 Å². The van der Waals surface area contributed by atoms with E-state index in [1.165, 1.54) is 156 Å². The van der Waals surface area contributed by atoms with Crippen molar-refractivity contribution in [1.29, 1.82) is 0 Å². The minimum Gasteiger partial charge on any atom is -0.0653 e. The van der Waals surface area contributed by atoms with Gasteiger partial charge in [0.05, 0.1) is 0 Å². The largest absolute Gasteiger partial charge is 0.0653 e. The highest BCUT2D eigenvalue weighted by molar-refractivity contribution is 5.92. The van der Waals surface area contributed by atoms with Gasteiger partial charge in [-0.3, -0.25) is 0 Å². The minimum atomic E-state index is -0.0741. The molecule has 0 aliphatic heterocycles. The fourth-order valence-electron chi connectivity index (χ4n) is 19.8. The summed E-state index contributed by atoms with van der Waals surface area (Å²) in [5.74, 6) is 0. The van der Waals surface area contributed by atoms with Crippen LogP contribution in [-0.4, -0.2) is 0 Å². The number of hydrogen-bond donors (Lipinski definition) is 0. The standard InChI is InChI=1S/C96H106/c1-15-47-93(48-16-2)83-55-65(63-23-35-73(36-24-63)91(9,10)11)27-39-75(83)77-41-29-67(57-85(77)93)69-31-43-79-81-45-33-71(61-89(81)95(51-19-5,52-20-6)87(79)59-69)72-34-46-82-80-44-32-70(60-88(80)96(53-21-7,54-22-8)90(82)62-72)68-30-42-78-76-40-28-66(64-25-37-74(38-26-64)92(12,13)14)56-84(76)94(49-17-3,50-18-4)86(78)58-68/h23-46,55-62H,15-22,47-54H2,1-14H3. The van der Waals surface area contributed by atoms with Crippen molar-refractivity contribution in [3.63, 3.8) is 0 Å². The second-order valence-corrected chi connectivity index (χ2v) is 32.1. The number of benzene rings is 10. The summed E-state index contributed by atoms with van der Waals surface area (Å²) in [5, 5.41) is 0. The Hall–Kier alpha value is -7.80. The molecule has 0 saturated heterocycles. The van der Waals surface area contributed by atoms with E-state index < -0.39 is 0 Å². The van der Waals surface area contributed by atoms with Crippen LogP contribution in [0.2, 0.25) is 0 Å². The van der Waals surface area contributed by atoms with Crippen LogP contribution in [0.1, 0.15) is 255 Å². The van der Waals surface area contributed by atoms with Gasteiger partial charge in [-0.15, -0.1) is 0 Å². The molecule has 96 heavy (non-hydrogen) atoms. The molecule has 14 rings (SSSR count). The zero-order valence-electron chi connectivity index (χ0n) is 60.8. The lowest BCUT2D eigenvalue weighted by atomic mass is 9.70. The van der Waals surface area contributed by atoms with Crippen molar-refractivity contribution in [3.8, 4) is 100 Å². The fourth-order valence-corrected chi connectivity index (χ4v) is 19.8. The zero-order chi connectivity index (χ0) is 67.1. The topological polar surface area (TPSA) is 0 Å². The molecular weight excluding hydrogens is 1150 g/mol. The lowest BCUT2D eigenvalue weighted by Crippen LogP contribution is -2.25. The van der Waals surface area contributed by atoms with Crippen LogP contribution in [0.4, 0.5) is 0 Å². The summed E-state index contributed by atoms with van der Waals surface area (Å²) in [6, 6.07) is 79.1. The van der Waals surface area contributed by atoms with Gasteiger partial charge in [0.15, 0.2) is 0 Å². The predicted molar refractivity (Wildman–Crippen MR) is 415 cm³/mol. The van der Waals surface area contributed by atoms with Gasteiger partial charge in [-0.2, -0.15) is 0 Å². The van der Waals surface area contributed by atoms with Gasteiger partial charge in [0.25, 0.3) is 0 Å². The molecular formula is C96H106. The second kappa shape index (κ2) is 25.2. The molecule has 10 aromatic carbocycles. The molecule has 0 atom stereocenters. The van der Waals surface area contributed by atoms with Crippen molar-refractivity contribution in [1.82, 2.24) is 0 Å². The van der Waals surface area contributed by atoms with Gasteiger partial charge < -0.3 is 0 Å². The maximum absolute atomic E-state index is 2.65. The van der Waals surface area contributed by atoms with E-state index >= 15 is 0 Å². The molecule has 4 aliphatic rings. The van der Waals surface area contributed by atoms with Crippen molar-refractivity contribution in [2.45, 2.75) is 232 Å². The summed E-state index contributed by atoms with van der Waals surface area (Å²) in [7, 11) is 0. The van der Waals surface area contributed by atoms with Crippen LogP contribution >= 0.6 is 0 Å². The van der Waals surface area contributed by atoms with E-state index in [-0.39, 0.29) is 32.5 Å². The van der Waals surface area contributed by atoms with E-state index in [0.717, 1.165) is 103 Å². The van der Waals surface area contributed by atoms with Gasteiger partial charge in [0.2, 0.25) is 0 Å². The van der Waals surface area contributed by atoms with Crippen LogP contribution in [0.15, 0.2) is 194 Å². The van der Waals surface area contributed by atoms with E-state index in [0.29, 0.717) is 0 Å². The minimum absolute atomic E-state index is 0.0289. The highest BCUT2D eigenvalue weighted by Crippen LogP contribution is 2.61. The fraction of sp³-hybridized carbons (Fsp3) is 0.375. The van der Waals surface area contributed by atoms with Gasteiger partial charge in [0.1, 0.15) is 0 Å². The van der Waals surface area contributed by atoms with E-state index in [1.807, 2.05) is 0 Å². The molecule has 0 nitrogen and oxygen atoms in total. The van der Waals surface area contributed by atoms with Crippen molar-refractivity contribution >= 4 is 0 Å². The first-order valence-corrected chi connectivity index (χ1v) is 37.8. The average molecular weight is 1260 g/mol. The van der Waals surface area contributed by atoms with E-state index in [2.05, 4.69) is 291 Å². The first kappa shape index (κ1) is 65.5. The van der Waals surface area contributed by atoms with Crippen LogP contribution in [0, 0.1) is 0 Å². The van der Waals surface area contributed by atoms with Gasteiger partial charge in [-0.05, 0) is 267 Å². The highest BCUT2D eigenvalue weighted by Gasteiger charge is 2.47. The number of rotatable bonds is 21. The normalized spacial score (nSPS) is 15.4. The van der Waals surface area contributed by atoms with Crippen LogP contribution in [0.25, 0.3) is 100 Å². The molecule has 4 aliphatic carbocycles. The summed E-state index contributed by atoms with van der Waals surface area (Å²) in [5.41, 5.74) is 39.8. The Morgan fingerprint density at radius 2 is 0.323 bits per heavy atom. The van der Waals surface area contributed by atoms with Crippen LogP contribution in [-0.2, 0) is 32.5 Å². The maximum Gasteiger partial charge on any atom is 0.0215 e. The predicted octanol–water partition coefficient (Wildman–Crippen LogP) is 28.1. The number of fused-ring (bicyclic) bond motifs is 12. The molecule has 0 spiro atoms. The average Bonchev–Trinajstić information content (AvgIpc) is 1.57. The van der Waals surface area contributed by atoms with Crippen molar-refractivity contribution in [2.75, 3.05) is 0 Å². The Labute approximate surface area is 578 Å². The lowest BCUT2D eigenvalue weighted by molar-refractivity contribution is 0.435. The molecule has 0 amide bonds. The van der Waals surface area contributed by atoms with Gasteiger partial charge >= 0.3 is 0 Å². The van der Waals surface area contributed by atoms with Gasteiger partial charge in [-0.25, -0.2) is 0 Å². The van der Waals surface area contributed by atoms with Crippen molar-refractivity contribution < 1.29 is 0 Å². The molecule has 0 unspecified atom stereocenters. The molecule has 0 heterocycles. The molecule has 10 aromatic rings. The summed E-state index contributed by atoms with van der Waals surface area (Å²) >= 11 is 0. The van der Waals surface area contributed by atoms with Crippen LogP contribution < -0.4 is 0 Å². The Morgan fingerprint density at radius 3 is 0.458 bits per heavy atom. The Kier molecular flexibility index (Phi) is 17.2. The summed E-state index contributed by atoms with van der Waals surface area (Å²) in [4.78, 5) is 0. The third kappa shape index (κ3) is 10.5. The summed E-state index contributed by atoms with van der Waals surface area (Å²) < 4.78 is 0. The first-order valence-electron chi connectivity index (χ1n) is 37.8. The first-order chi connectivity index (χ1) is 46.4. The van der Waals surface area contributed by atoms with Crippen LogP contribution in [0.3, 0.4) is 0 Å². The Balaban J connectivity index is 0.804. The molecule has 0 radical (unpaired) electrons. The molecule has 0 aromatic heterocycles. The molecule has 490 valence electrons. The molecule has 0 fully saturated rings. The maximum atomic E-state index is 2.65. The summed E-state index contributed by atoms with van der Waals surface area (Å²) in [6.45, 7) is 33.1.